The maximum absolute atomic E-state index is 12.5. The van der Waals surface area contributed by atoms with Gasteiger partial charge in [0.25, 0.3) is 0 Å². The van der Waals surface area contributed by atoms with Gasteiger partial charge in [-0.1, -0.05) is 0 Å². The summed E-state index contributed by atoms with van der Waals surface area (Å²) in [6.07, 6.45) is -4.97. The van der Waals surface area contributed by atoms with Crippen LogP contribution in [0.15, 0.2) is 41.3 Å². The van der Waals surface area contributed by atoms with E-state index < -0.39 is 27.9 Å². The van der Waals surface area contributed by atoms with E-state index in [1.54, 1.807) is 0 Å². The van der Waals surface area contributed by atoms with Gasteiger partial charge in [-0.05, 0) is 43.3 Å². The zero-order valence-electron chi connectivity index (χ0n) is 12.9. The molecular formula is C15H16F3NO3S2. The number of methoxy groups -OCH3 is 1. The van der Waals surface area contributed by atoms with E-state index in [-0.39, 0.29) is 11.4 Å². The molecule has 1 N–H and O–H groups in total. The van der Waals surface area contributed by atoms with Crippen LogP contribution in [0.5, 0.6) is 0 Å². The summed E-state index contributed by atoms with van der Waals surface area (Å²) in [4.78, 5) is 1.70. The molecule has 0 bridgehead atoms. The molecular weight excluding hydrogens is 363 g/mol. The van der Waals surface area contributed by atoms with Crippen molar-refractivity contribution in [2.45, 2.75) is 24.1 Å². The van der Waals surface area contributed by atoms with Gasteiger partial charge < -0.3 is 4.74 Å². The fourth-order valence-corrected chi connectivity index (χ4v) is 4.01. The summed E-state index contributed by atoms with van der Waals surface area (Å²) in [5.41, 5.74) is -0.898. The van der Waals surface area contributed by atoms with Crippen LogP contribution < -0.4 is 4.72 Å². The van der Waals surface area contributed by atoms with Crippen molar-refractivity contribution in [2.75, 3.05) is 13.7 Å². The first-order chi connectivity index (χ1) is 11.1. The van der Waals surface area contributed by atoms with E-state index in [1.165, 1.54) is 18.4 Å². The highest BCUT2D eigenvalue weighted by atomic mass is 32.2. The SMILES string of the molecule is CO[C@H](CNS(=O)(=O)c1ccc(C(F)(F)F)cc1)c1ccc(C)s1. The van der Waals surface area contributed by atoms with Gasteiger partial charge in [0.05, 0.1) is 10.5 Å². The van der Waals surface area contributed by atoms with Crippen LogP contribution in [0.1, 0.15) is 21.4 Å². The molecule has 1 atom stereocenters. The second kappa shape index (κ2) is 7.22. The molecule has 0 aliphatic carbocycles. The molecule has 2 rings (SSSR count). The van der Waals surface area contributed by atoms with Crippen molar-refractivity contribution in [3.63, 3.8) is 0 Å². The van der Waals surface area contributed by atoms with E-state index in [2.05, 4.69) is 4.72 Å². The number of rotatable bonds is 6. The Morgan fingerprint density at radius 3 is 2.25 bits per heavy atom. The molecule has 1 heterocycles. The number of nitrogens with one attached hydrogen (secondary N) is 1. The van der Waals surface area contributed by atoms with E-state index in [1.807, 2.05) is 19.1 Å². The van der Waals surface area contributed by atoms with E-state index in [9.17, 15) is 21.6 Å². The third-order valence-electron chi connectivity index (χ3n) is 3.31. The Morgan fingerprint density at radius 1 is 1.17 bits per heavy atom. The monoisotopic (exact) mass is 379 g/mol. The first-order valence-electron chi connectivity index (χ1n) is 6.89. The zero-order valence-corrected chi connectivity index (χ0v) is 14.6. The lowest BCUT2D eigenvalue weighted by molar-refractivity contribution is -0.137. The van der Waals surface area contributed by atoms with Gasteiger partial charge in [-0.15, -0.1) is 11.3 Å². The van der Waals surface area contributed by atoms with Crippen LogP contribution in [0.2, 0.25) is 0 Å². The Morgan fingerprint density at radius 2 is 1.79 bits per heavy atom. The van der Waals surface area contributed by atoms with Crippen molar-refractivity contribution in [1.82, 2.24) is 4.72 Å². The van der Waals surface area contributed by atoms with E-state index in [4.69, 9.17) is 4.74 Å². The minimum Gasteiger partial charge on any atom is -0.375 e. The molecule has 2 aromatic rings. The van der Waals surface area contributed by atoms with Crippen LogP contribution >= 0.6 is 11.3 Å². The molecule has 1 aromatic heterocycles. The molecule has 0 fully saturated rings. The van der Waals surface area contributed by atoms with Gasteiger partial charge in [-0.2, -0.15) is 13.2 Å². The fraction of sp³-hybridized carbons (Fsp3) is 0.333. The number of benzene rings is 1. The van der Waals surface area contributed by atoms with Crippen LogP contribution in [0, 0.1) is 6.92 Å². The maximum Gasteiger partial charge on any atom is 0.416 e. The van der Waals surface area contributed by atoms with Crippen molar-refractivity contribution >= 4 is 21.4 Å². The second-order valence-electron chi connectivity index (χ2n) is 5.05. The largest absolute Gasteiger partial charge is 0.416 e. The topological polar surface area (TPSA) is 55.4 Å². The third kappa shape index (κ3) is 4.56. The fourth-order valence-electron chi connectivity index (χ4n) is 2.02. The number of hydrogen-bond acceptors (Lipinski definition) is 4. The molecule has 0 spiro atoms. The normalized spacial score (nSPS) is 13.9. The van der Waals surface area contributed by atoms with Crippen molar-refractivity contribution in [2.24, 2.45) is 0 Å². The summed E-state index contributed by atoms with van der Waals surface area (Å²) in [6.45, 7) is 1.91. The lowest BCUT2D eigenvalue weighted by atomic mass is 10.2. The molecule has 1 aromatic carbocycles. The number of thiophene rings is 1. The van der Waals surface area contributed by atoms with Gasteiger partial charge in [0.1, 0.15) is 6.10 Å². The van der Waals surface area contributed by atoms with Crippen LogP contribution in [-0.4, -0.2) is 22.1 Å². The van der Waals surface area contributed by atoms with Crippen LogP contribution in [0.4, 0.5) is 13.2 Å². The Hall–Kier alpha value is -1.42. The van der Waals surface area contributed by atoms with Gasteiger partial charge in [0.15, 0.2) is 0 Å². The number of sulfonamides is 1. The maximum atomic E-state index is 12.5. The molecule has 0 saturated carbocycles. The Labute approximate surface area is 142 Å². The highest BCUT2D eigenvalue weighted by molar-refractivity contribution is 7.89. The molecule has 0 aliphatic rings. The van der Waals surface area contributed by atoms with Crippen molar-refractivity contribution < 1.29 is 26.3 Å². The summed E-state index contributed by atoms with van der Waals surface area (Å²) < 4.78 is 69.6. The van der Waals surface area contributed by atoms with Crippen molar-refractivity contribution in [1.29, 1.82) is 0 Å². The van der Waals surface area contributed by atoms with Gasteiger partial charge in [0, 0.05) is 23.4 Å². The predicted octanol–water partition coefficient (Wildman–Crippen LogP) is 3.74. The van der Waals surface area contributed by atoms with Gasteiger partial charge in [-0.3, -0.25) is 0 Å². The molecule has 9 heteroatoms. The van der Waals surface area contributed by atoms with Gasteiger partial charge >= 0.3 is 6.18 Å². The van der Waals surface area contributed by atoms with Crippen LogP contribution in [0.3, 0.4) is 0 Å². The van der Waals surface area contributed by atoms with E-state index in [0.717, 1.165) is 34.0 Å². The molecule has 0 unspecified atom stereocenters. The minimum absolute atomic E-state index is 0.0141. The van der Waals surface area contributed by atoms with Crippen molar-refractivity contribution in [3.8, 4) is 0 Å². The first kappa shape index (κ1) is 18.9. The number of alkyl halides is 3. The van der Waals surface area contributed by atoms with Crippen LogP contribution in [0.25, 0.3) is 0 Å². The summed E-state index contributed by atoms with van der Waals surface area (Å²) in [5, 5.41) is 0. The smallest absolute Gasteiger partial charge is 0.375 e. The molecule has 132 valence electrons. The average Bonchev–Trinajstić information content (AvgIpc) is 2.93. The molecule has 0 aliphatic heterocycles. The number of halogens is 3. The van der Waals surface area contributed by atoms with Gasteiger partial charge in [-0.25, -0.2) is 13.1 Å². The highest BCUT2D eigenvalue weighted by Gasteiger charge is 2.30. The first-order valence-corrected chi connectivity index (χ1v) is 9.19. The lowest BCUT2D eigenvalue weighted by Gasteiger charge is -2.15. The van der Waals surface area contributed by atoms with Gasteiger partial charge in [0.2, 0.25) is 10.0 Å². The molecule has 4 nitrogen and oxygen atoms in total. The minimum atomic E-state index is -4.51. The molecule has 0 saturated heterocycles. The number of aryl methyl sites for hydroxylation is 1. The highest BCUT2D eigenvalue weighted by Crippen LogP contribution is 2.30. The van der Waals surface area contributed by atoms with Crippen molar-refractivity contribution in [3.05, 3.63) is 51.7 Å². The van der Waals surface area contributed by atoms with E-state index in [0.29, 0.717) is 0 Å². The number of hydrogen-bond donors (Lipinski definition) is 1. The molecule has 0 radical (unpaired) electrons. The Kier molecular flexibility index (Phi) is 5.69. The standard InChI is InChI=1S/C15H16F3NO3S2/c1-10-3-8-14(23-10)13(22-2)9-19-24(20,21)12-6-4-11(5-7-12)15(16,17)18/h3-8,13,19H,9H2,1-2H3/t13-/m1/s1. The quantitative estimate of drug-likeness (QED) is 0.832. The molecule has 24 heavy (non-hydrogen) atoms. The third-order valence-corrected chi connectivity index (χ3v) is 5.85. The second-order valence-corrected chi connectivity index (χ2v) is 8.13. The Balaban J connectivity index is 2.10. The van der Waals surface area contributed by atoms with E-state index >= 15 is 0 Å². The average molecular weight is 379 g/mol. The zero-order chi connectivity index (χ0) is 18.0. The number of ether oxygens (including phenoxy) is 1. The summed E-state index contributed by atoms with van der Waals surface area (Å²) in [7, 11) is -2.46. The summed E-state index contributed by atoms with van der Waals surface area (Å²) >= 11 is 1.49. The van der Waals surface area contributed by atoms with Crippen LogP contribution in [-0.2, 0) is 20.9 Å². The molecule has 0 amide bonds. The predicted molar refractivity (Wildman–Crippen MR) is 85.4 cm³/mol. The summed E-state index contributed by atoms with van der Waals surface area (Å²) in [5.74, 6) is 0. The lowest BCUT2D eigenvalue weighted by Crippen LogP contribution is -2.29. The summed E-state index contributed by atoms with van der Waals surface area (Å²) in [6, 6.07) is 7.09. The Bertz CT molecular complexity index is 783.